The van der Waals surface area contributed by atoms with Gasteiger partial charge < -0.3 is 10.2 Å². The minimum Gasteiger partial charge on any atom is -0.351 e. The molecule has 1 aliphatic carbocycles. The summed E-state index contributed by atoms with van der Waals surface area (Å²) in [6, 6.07) is 7.47. The molecule has 0 saturated heterocycles. The molecule has 1 aromatic carbocycles. The Bertz CT molecular complexity index is 1080. The summed E-state index contributed by atoms with van der Waals surface area (Å²) in [6.45, 7) is 1.29. The van der Waals surface area contributed by atoms with E-state index in [1.54, 1.807) is 18.3 Å². The van der Waals surface area contributed by atoms with Crippen LogP contribution in [0, 0.1) is 0 Å². The van der Waals surface area contributed by atoms with Gasteiger partial charge in [0.1, 0.15) is 0 Å². The number of aromatic nitrogens is 2. The summed E-state index contributed by atoms with van der Waals surface area (Å²) in [5.74, 6) is -0.209. The molecule has 1 aliphatic rings. The standard InChI is InChI=1S/C21H24N4O2/c1-24(2)11-9-22-20(26)16-8-5-10-25-19(16)23-18-13-15-7-4-3-6-14(15)12-17(18)21(25)27/h5,8,10,12-13H,3-4,6-7,9,11H2,1-2H3,(H,22,26). The second-order valence-electron chi connectivity index (χ2n) is 7.44. The molecule has 0 bridgehead atoms. The molecule has 6 heteroatoms. The smallest absolute Gasteiger partial charge is 0.265 e. The summed E-state index contributed by atoms with van der Waals surface area (Å²) >= 11 is 0. The number of carbonyl (C=O) groups excluding carboxylic acids is 1. The molecule has 4 rings (SSSR count). The summed E-state index contributed by atoms with van der Waals surface area (Å²) in [7, 11) is 3.91. The van der Waals surface area contributed by atoms with Crippen molar-refractivity contribution in [2.24, 2.45) is 0 Å². The van der Waals surface area contributed by atoms with Crippen molar-refractivity contribution >= 4 is 22.5 Å². The molecule has 3 aromatic rings. The molecule has 0 atom stereocenters. The number of hydrogen-bond donors (Lipinski definition) is 1. The van der Waals surface area contributed by atoms with Crippen molar-refractivity contribution in [3.8, 4) is 0 Å². The molecule has 27 heavy (non-hydrogen) atoms. The van der Waals surface area contributed by atoms with E-state index < -0.39 is 0 Å². The number of pyridine rings is 1. The number of hydrogen-bond acceptors (Lipinski definition) is 4. The monoisotopic (exact) mass is 364 g/mol. The fourth-order valence-corrected chi connectivity index (χ4v) is 3.72. The van der Waals surface area contributed by atoms with Crippen LogP contribution < -0.4 is 10.9 Å². The maximum atomic E-state index is 13.0. The Morgan fingerprint density at radius 1 is 1.22 bits per heavy atom. The van der Waals surface area contributed by atoms with E-state index in [0.717, 1.165) is 25.8 Å². The summed E-state index contributed by atoms with van der Waals surface area (Å²) in [4.78, 5) is 32.4. The fourth-order valence-electron chi connectivity index (χ4n) is 3.72. The molecule has 1 amide bonds. The Labute approximate surface area is 157 Å². The van der Waals surface area contributed by atoms with Gasteiger partial charge in [-0.25, -0.2) is 4.98 Å². The van der Waals surface area contributed by atoms with E-state index in [2.05, 4.69) is 5.32 Å². The van der Waals surface area contributed by atoms with E-state index in [1.165, 1.54) is 21.9 Å². The number of carbonyl (C=O) groups is 1. The van der Waals surface area contributed by atoms with Crippen LogP contribution in [0.3, 0.4) is 0 Å². The second kappa shape index (κ2) is 7.12. The minimum absolute atomic E-state index is 0.119. The van der Waals surface area contributed by atoms with E-state index in [4.69, 9.17) is 4.98 Å². The number of nitrogens with zero attached hydrogens (tertiary/aromatic N) is 3. The molecule has 0 saturated carbocycles. The van der Waals surface area contributed by atoms with Crippen molar-refractivity contribution in [1.29, 1.82) is 0 Å². The third-order valence-corrected chi connectivity index (χ3v) is 5.19. The van der Waals surface area contributed by atoms with E-state index >= 15 is 0 Å². The zero-order valence-electron chi connectivity index (χ0n) is 15.8. The molecule has 2 heterocycles. The zero-order chi connectivity index (χ0) is 19.0. The summed E-state index contributed by atoms with van der Waals surface area (Å²) in [5.41, 5.74) is 3.92. The summed E-state index contributed by atoms with van der Waals surface area (Å²) < 4.78 is 1.48. The van der Waals surface area contributed by atoms with E-state index in [-0.39, 0.29) is 11.5 Å². The number of benzene rings is 1. The molecular formula is C21H24N4O2. The number of fused-ring (bicyclic) bond motifs is 3. The van der Waals surface area contributed by atoms with Crippen LogP contribution in [0.5, 0.6) is 0 Å². The van der Waals surface area contributed by atoms with Crippen molar-refractivity contribution in [3.05, 3.63) is 57.5 Å². The maximum absolute atomic E-state index is 13.0. The third kappa shape index (κ3) is 3.32. The predicted octanol–water partition coefficient (Wildman–Crippen LogP) is 2.02. The Hall–Kier alpha value is -2.73. The van der Waals surface area contributed by atoms with Crippen molar-refractivity contribution in [3.63, 3.8) is 0 Å². The van der Waals surface area contributed by atoms with Gasteiger partial charge in [0.2, 0.25) is 0 Å². The number of aryl methyl sites for hydroxylation is 2. The first-order chi connectivity index (χ1) is 13.0. The summed E-state index contributed by atoms with van der Waals surface area (Å²) in [5, 5.41) is 3.53. The Morgan fingerprint density at radius 2 is 1.96 bits per heavy atom. The highest BCUT2D eigenvalue weighted by Gasteiger charge is 2.17. The van der Waals surface area contributed by atoms with Gasteiger partial charge in [0.15, 0.2) is 5.65 Å². The molecule has 6 nitrogen and oxygen atoms in total. The van der Waals surface area contributed by atoms with Gasteiger partial charge in [-0.2, -0.15) is 0 Å². The van der Waals surface area contributed by atoms with Gasteiger partial charge in [-0.05, 0) is 75.2 Å². The van der Waals surface area contributed by atoms with Gasteiger partial charge in [0.05, 0.1) is 16.5 Å². The molecule has 0 radical (unpaired) electrons. The van der Waals surface area contributed by atoms with Crippen molar-refractivity contribution in [2.45, 2.75) is 25.7 Å². The highest BCUT2D eigenvalue weighted by Crippen LogP contribution is 2.25. The summed E-state index contributed by atoms with van der Waals surface area (Å²) in [6.07, 6.45) is 6.06. The van der Waals surface area contributed by atoms with Crippen LogP contribution in [0.4, 0.5) is 0 Å². The number of nitrogens with one attached hydrogen (secondary N) is 1. The fraction of sp³-hybridized carbons (Fsp3) is 0.381. The first-order valence-electron chi connectivity index (χ1n) is 9.44. The molecule has 0 spiro atoms. The average Bonchev–Trinajstić information content (AvgIpc) is 2.66. The average molecular weight is 364 g/mol. The largest absolute Gasteiger partial charge is 0.351 e. The van der Waals surface area contributed by atoms with Crippen LogP contribution in [-0.2, 0) is 12.8 Å². The predicted molar refractivity (Wildman–Crippen MR) is 106 cm³/mol. The van der Waals surface area contributed by atoms with E-state index in [0.29, 0.717) is 28.7 Å². The van der Waals surface area contributed by atoms with Crippen LogP contribution in [0.2, 0.25) is 0 Å². The van der Waals surface area contributed by atoms with E-state index in [9.17, 15) is 9.59 Å². The third-order valence-electron chi connectivity index (χ3n) is 5.19. The van der Waals surface area contributed by atoms with Gasteiger partial charge in [-0.15, -0.1) is 0 Å². The lowest BCUT2D eigenvalue weighted by Crippen LogP contribution is -2.32. The Kier molecular flexibility index (Phi) is 4.66. The molecule has 0 unspecified atom stereocenters. The lowest BCUT2D eigenvalue weighted by Gasteiger charge is -2.16. The van der Waals surface area contributed by atoms with Crippen molar-refractivity contribution in [2.75, 3.05) is 27.2 Å². The topological polar surface area (TPSA) is 66.7 Å². The van der Waals surface area contributed by atoms with Gasteiger partial charge >= 0.3 is 0 Å². The lowest BCUT2D eigenvalue weighted by molar-refractivity contribution is 0.0952. The van der Waals surface area contributed by atoms with E-state index in [1.807, 2.05) is 31.1 Å². The van der Waals surface area contributed by atoms with Crippen LogP contribution in [0.25, 0.3) is 16.6 Å². The highest BCUT2D eigenvalue weighted by atomic mass is 16.2. The van der Waals surface area contributed by atoms with Crippen molar-refractivity contribution in [1.82, 2.24) is 19.6 Å². The SMILES string of the molecule is CN(C)CCNC(=O)c1cccn2c(=O)c3cc4c(cc3nc12)CCCC4. The van der Waals surface area contributed by atoms with Gasteiger partial charge in [-0.1, -0.05) is 0 Å². The molecule has 1 N–H and O–H groups in total. The first kappa shape index (κ1) is 17.7. The Morgan fingerprint density at radius 3 is 2.70 bits per heavy atom. The Balaban J connectivity index is 1.82. The van der Waals surface area contributed by atoms with Gasteiger partial charge in [0, 0.05) is 19.3 Å². The highest BCUT2D eigenvalue weighted by molar-refractivity contribution is 6.00. The number of rotatable bonds is 4. The second-order valence-corrected chi connectivity index (χ2v) is 7.44. The maximum Gasteiger partial charge on any atom is 0.265 e. The zero-order valence-corrected chi connectivity index (χ0v) is 15.8. The quantitative estimate of drug-likeness (QED) is 0.720. The minimum atomic E-state index is -0.209. The molecule has 2 aromatic heterocycles. The van der Waals surface area contributed by atoms with Crippen LogP contribution >= 0.6 is 0 Å². The van der Waals surface area contributed by atoms with Gasteiger partial charge in [0.25, 0.3) is 11.5 Å². The lowest BCUT2D eigenvalue weighted by atomic mass is 9.90. The molecular weight excluding hydrogens is 340 g/mol. The number of likely N-dealkylation sites (N-methyl/N-ethyl adjacent to an activating group) is 1. The first-order valence-corrected chi connectivity index (χ1v) is 9.44. The van der Waals surface area contributed by atoms with Crippen LogP contribution in [0.15, 0.2) is 35.3 Å². The molecule has 0 aliphatic heterocycles. The van der Waals surface area contributed by atoms with Crippen LogP contribution in [0.1, 0.15) is 34.3 Å². The van der Waals surface area contributed by atoms with Gasteiger partial charge in [-0.3, -0.25) is 14.0 Å². The normalized spacial score (nSPS) is 13.9. The molecule has 0 fully saturated rings. The van der Waals surface area contributed by atoms with Crippen molar-refractivity contribution < 1.29 is 4.79 Å². The van der Waals surface area contributed by atoms with Crippen LogP contribution in [-0.4, -0.2) is 47.4 Å². The molecule has 140 valence electrons. The number of amides is 1.